The molecule has 2 heterocycles. The molecule has 0 spiro atoms. The van der Waals surface area contributed by atoms with Gasteiger partial charge in [0.1, 0.15) is 4.21 Å². The summed E-state index contributed by atoms with van der Waals surface area (Å²) in [7, 11) is -3.69. The maximum atomic E-state index is 11.7. The summed E-state index contributed by atoms with van der Waals surface area (Å²) in [5, 5.41) is 7.60. The van der Waals surface area contributed by atoms with Crippen molar-refractivity contribution < 1.29 is 17.6 Å². The highest BCUT2D eigenvalue weighted by Gasteiger charge is 2.15. The Kier molecular flexibility index (Phi) is 3.69. The molecule has 0 aromatic carbocycles. The number of hydrogen-bond donors (Lipinski definition) is 2. The summed E-state index contributed by atoms with van der Waals surface area (Å²) in [4.78, 5) is 16.2. The summed E-state index contributed by atoms with van der Waals surface area (Å²) in [6.45, 7) is 1.85. The highest BCUT2D eigenvalue weighted by molar-refractivity contribution is 7.91. The fourth-order valence-electron chi connectivity index (χ4n) is 1.37. The van der Waals surface area contributed by atoms with Crippen LogP contribution in [0, 0.1) is 6.92 Å². The number of aromatic nitrogens is 1. The number of primary sulfonamides is 1. The molecule has 0 aliphatic heterocycles. The number of nitrogens with zero attached hydrogens (tertiary/aromatic N) is 1. The number of rotatable bonds is 4. The van der Waals surface area contributed by atoms with Gasteiger partial charge in [-0.2, -0.15) is 0 Å². The van der Waals surface area contributed by atoms with E-state index in [1.54, 1.807) is 13.0 Å². The molecule has 7 nitrogen and oxygen atoms in total. The second-order valence-electron chi connectivity index (χ2n) is 3.72. The average molecular weight is 301 g/mol. The Balaban J connectivity index is 2.02. The molecule has 2 aromatic rings. The predicted molar refractivity (Wildman–Crippen MR) is 68.1 cm³/mol. The van der Waals surface area contributed by atoms with E-state index in [9.17, 15) is 13.2 Å². The number of carbonyl (C=O) groups is 1. The lowest BCUT2D eigenvalue weighted by atomic mass is 10.3. The molecule has 0 radical (unpaired) electrons. The standard InChI is InChI=1S/C10H11N3O4S2/c1-6-9(17-5-13-6)10(14)12-4-7-2-3-8(18-7)19(11,15)16/h2-3,5H,4H2,1H3,(H,12,14)(H2,11,15,16). The molecule has 9 heteroatoms. The molecule has 19 heavy (non-hydrogen) atoms. The normalized spacial score (nSPS) is 11.5. The van der Waals surface area contributed by atoms with Gasteiger partial charge in [-0.3, -0.25) is 4.79 Å². The van der Waals surface area contributed by atoms with Gasteiger partial charge in [0.2, 0.25) is 15.8 Å². The monoisotopic (exact) mass is 301 g/mol. The van der Waals surface area contributed by atoms with E-state index in [1.165, 1.54) is 12.5 Å². The molecule has 0 bridgehead atoms. The summed E-state index contributed by atoms with van der Waals surface area (Å²) >= 11 is 1.01. The van der Waals surface area contributed by atoms with Crippen LogP contribution < -0.4 is 10.5 Å². The molecule has 0 unspecified atom stereocenters. The van der Waals surface area contributed by atoms with Crippen LogP contribution in [0.2, 0.25) is 0 Å². The van der Waals surface area contributed by atoms with E-state index in [0.29, 0.717) is 10.6 Å². The van der Waals surface area contributed by atoms with Crippen LogP contribution >= 0.6 is 11.3 Å². The SMILES string of the molecule is Cc1ncoc1C(=O)NCc1ccc(S(N)(=O)=O)s1. The molecule has 102 valence electrons. The Labute approximate surface area is 113 Å². The highest BCUT2D eigenvalue weighted by atomic mass is 32.2. The first-order valence-corrected chi connectivity index (χ1v) is 7.54. The van der Waals surface area contributed by atoms with Gasteiger partial charge in [0.15, 0.2) is 6.39 Å². The number of amides is 1. The maximum absolute atomic E-state index is 11.7. The summed E-state index contributed by atoms with van der Waals surface area (Å²) in [6, 6.07) is 3.00. The van der Waals surface area contributed by atoms with Gasteiger partial charge in [-0.05, 0) is 19.1 Å². The van der Waals surface area contributed by atoms with Gasteiger partial charge < -0.3 is 9.73 Å². The quantitative estimate of drug-likeness (QED) is 0.859. The largest absolute Gasteiger partial charge is 0.438 e. The fraction of sp³-hybridized carbons (Fsp3) is 0.200. The van der Waals surface area contributed by atoms with E-state index in [0.717, 1.165) is 11.3 Å². The molecular weight excluding hydrogens is 290 g/mol. The van der Waals surface area contributed by atoms with Crippen molar-refractivity contribution in [3.05, 3.63) is 34.9 Å². The van der Waals surface area contributed by atoms with Gasteiger partial charge in [0, 0.05) is 4.88 Å². The zero-order valence-corrected chi connectivity index (χ0v) is 11.5. The van der Waals surface area contributed by atoms with Crippen LogP contribution in [0.15, 0.2) is 27.2 Å². The van der Waals surface area contributed by atoms with Gasteiger partial charge in [0.25, 0.3) is 5.91 Å². The Morgan fingerprint density at radius 2 is 2.26 bits per heavy atom. The van der Waals surface area contributed by atoms with Crippen LogP contribution in [0.5, 0.6) is 0 Å². The number of hydrogen-bond acceptors (Lipinski definition) is 6. The number of oxazole rings is 1. The fourth-order valence-corrected chi connectivity index (χ4v) is 3.09. The smallest absolute Gasteiger partial charge is 0.289 e. The third kappa shape index (κ3) is 3.19. The number of sulfonamides is 1. The predicted octanol–water partition coefficient (Wildman–Crippen LogP) is 0.622. The minimum absolute atomic E-state index is 0.0626. The highest BCUT2D eigenvalue weighted by Crippen LogP contribution is 2.20. The second-order valence-corrected chi connectivity index (χ2v) is 6.67. The summed E-state index contributed by atoms with van der Waals surface area (Å²) in [5.74, 6) is -0.260. The number of nitrogens with one attached hydrogen (secondary N) is 1. The van der Waals surface area contributed by atoms with E-state index in [-0.39, 0.29) is 16.5 Å². The number of thiophene rings is 1. The lowest BCUT2D eigenvalue weighted by Gasteiger charge is -2.00. The van der Waals surface area contributed by atoms with Crippen molar-refractivity contribution in [1.29, 1.82) is 0 Å². The average Bonchev–Trinajstić information content (AvgIpc) is 2.93. The van der Waals surface area contributed by atoms with Crippen molar-refractivity contribution in [2.45, 2.75) is 17.7 Å². The molecule has 0 aliphatic rings. The molecule has 3 N–H and O–H groups in total. The van der Waals surface area contributed by atoms with Crippen molar-refractivity contribution in [2.24, 2.45) is 5.14 Å². The lowest BCUT2D eigenvalue weighted by Crippen LogP contribution is -2.22. The van der Waals surface area contributed by atoms with Crippen molar-refractivity contribution in [3.63, 3.8) is 0 Å². The topological polar surface area (TPSA) is 115 Å². The molecule has 2 rings (SSSR count). The molecule has 0 aliphatic carbocycles. The first-order valence-electron chi connectivity index (χ1n) is 5.17. The molecular formula is C10H11N3O4S2. The van der Waals surface area contributed by atoms with E-state index >= 15 is 0 Å². The lowest BCUT2D eigenvalue weighted by molar-refractivity contribution is 0.0922. The van der Waals surface area contributed by atoms with Gasteiger partial charge in [-0.15, -0.1) is 11.3 Å². The molecule has 0 atom stereocenters. The Hall–Kier alpha value is -1.71. The molecule has 0 saturated carbocycles. The first kappa shape index (κ1) is 13.7. The van der Waals surface area contributed by atoms with Gasteiger partial charge in [-0.1, -0.05) is 0 Å². The Morgan fingerprint density at radius 1 is 1.53 bits per heavy atom. The number of carbonyl (C=O) groups excluding carboxylic acids is 1. The third-order valence-corrected chi connectivity index (χ3v) is 4.82. The molecule has 0 saturated heterocycles. The first-order chi connectivity index (χ1) is 8.88. The van der Waals surface area contributed by atoms with E-state index in [1.807, 2.05) is 0 Å². The van der Waals surface area contributed by atoms with Gasteiger partial charge in [0.05, 0.1) is 12.2 Å². The molecule has 1 amide bonds. The third-order valence-electron chi connectivity index (χ3n) is 2.29. The summed E-state index contributed by atoms with van der Waals surface area (Å²) < 4.78 is 27.2. The molecule has 0 fully saturated rings. The van der Waals surface area contributed by atoms with Crippen LogP contribution in [0.4, 0.5) is 0 Å². The van der Waals surface area contributed by atoms with Crippen LogP contribution in [0.1, 0.15) is 21.1 Å². The summed E-state index contributed by atoms with van der Waals surface area (Å²) in [6.07, 6.45) is 1.19. The van der Waals surface area contributed by atoms with E-state index in [4.69, 9.17) is 9.56 Å². The van der Waals surface area contributed by atoms with Crippen molar-refractivity contribution in [2.75, 3.05) is 0 Å². The van der Waals surface area contributed by atoms with Crippen LogP contribution in [0.25, 0.3) is 0 Å². The second kappa shape index (κ2) is 5.11. The minimum Gasteiger partial charge on any atom is -0.438 e. The van der Waals surface area contributed by atoms with Crippen LogP contribution in [-0.2, 0) is 16.6 Å². The Bertz CT molecular complexity index is 702. The number of aryl methyl sites for hydroxylation is 1. The van der Waals surface area contributed by atoms with Crippen LogP contribution in [0.3, 0.4) is 0 Å². The minimum atomic E-state index is -3.69. The Morgan fingerprint density at radius 3 is 2.79 bits per heavy atom. The van der Waals surface area contributed by atoms with Crippen molar-refractivity contribution in [3.8, 4) is 0 Å². The zero-order valence-electron chi connectivity index (χ0n) is 9.91. The zero-order chi connectivity index (χ0) is 14.0. The van der Waals surface area contributed by atoms with Crippen molar-refractivity contribution >= 4 is 27.3 Å². The van der Waals surface area contributed by atoms with Gasteiger partial charge in [-0.25, -0.2) is 18.5 Å². The van der Waals surface area contributed by atoms with Gasteiger partial charge >= 0.3 is 0 Å². The maximum Gasteiger partial charge on any atom is 0.289 e. The molecule has 2 aromatic heterocycles. The van der Waals surface area contributed by atoms with Crippen molar-refractivity contribution in [1.82, 2.24) is 10.3 Å². The van der Waals surface area contributed by atoms with E-state index in [2.05, 4.69) is 10.3 Å². The van der Waals surface area contributed by atoms with E-state index < -0.39 is 15.9 Å². The summed E-state index contributed by atoms with van der Waals surface area (Å²) in [5.41, 5.74) is 0.494. The van der Waals surface area contributed by atoms with Crippen LogP contribution in [-0.4, -0.2) is 19.3 Å². The number of nitrogens with two attached hydrogens (primary N) is 1.